The molecular formula is C10H19N5O. The SMILES string of the molecule is CC(C)CCOc1nc(N)nc(N(C)C)n1. The van der Waals surface area contributed by atoms with Crippen LogP contribution >= 0.6 is 0 Å². The zero-order valence-electron chi connectivity index (χ0n) is 10.3. The lowest BCUT2D eigenvalue weighted by atomic mass is 10.1. The molecule has 1 rings (SSSR count). The highest BCUT2D eigenvalue weighted by Crippen LogP contribution is 2.11. The van der Waals surface area contributed by atoms with Crippen molar-refractivity contribution in [2.45, 2.75) is 20.3 Å². The summed E-state index contributed by atoms with van der Waals surface area (Å²) in [6.45, 7) is 4.86. The Bertz CT molecular complexity index is 340. The Hall–Kier alpha value is -1.59. The van der Waals surface area contributed by atoms with Gasteiger partial charge < -0.3 is 15.4 Å². The van der Waals surface area contributed by atoms with Gasteiger partial charge in [0.05, 0.1) is 6.61 Å². The predicted molar refractivity (Wildman–Crippen MR) is 63.5 cm³/mol. The van der Waals surface area contributed by atoms with Gasteiger partial charge in [-0.2, -0.15) is 15.0 Å². The van der Waals surface area contributed by atoms with Gasteiger partial charge in [0.1, 0.15) is 0 Å². The van der Waals surface area contributed by atoms with E-state index in [0.717, 1.165) is 6.42 Å². The number of hydrogen-bond donors (Lipinski definition) is 1. The van der Waals surface area contributed by atoms with E-state index in [1.807, 2.05) is 14.1 Å². The van der Waals surface area contributed by atoms with Crippen LogP contribution < -0.4 is 15.4 Å². The third-order valence-electron chi connectivity index (χ3n) is 1.95. The van der Waals surface area contributed by atoms with Gasteiger partial charge in [0.2, 0.25) is 11.9 Å². The summed E-state index contributed by atoms with van der Waals surface area (Å²) in [4.78, 5) is 13.8. The smallest absolute Gasteiger partial charge is 0.323 e. The second-order valence-corrected chi connectivity index (χ2v) is 4.20. The molecule has 0 aromatic carbocycles. The maximum absolute atomic E-state index is 5.56. The third-order valence-corrected chi connectivity index (χ3v) is 1.95. The van der Waals surface area contributed by atoms with Gasteiger partial charge in [-0.3, -0.25) is 0 Å². The summed E-state index contributed by atoms with van der Waals surface area (Å²) in [5.74, 6) is 1.28. The Morgan fingerprint density at radius 2 is 1.94 bits per heavy atom. The lowest BCUT2D eigenvalue weighted by molar-refractivity contribution is 0.268. The van der Waals surface area contributed by atoms with Gasteiger partial charge in [0.15, 0.2) is 0 Å². The molecule has 0 bridgehead atoms. The molecule has 0 atom stereocenters. The van der Waals surface area contributed by atoms with Crippen molar-refractivity contribution in [1.82, 2.24) is 15.0 Å². The van der Waals surface area contributed by atoms with Crippen LogP contribution in [0.25, 0.3) is 0 Å². The minimum absolute atomic E-state index is 0.179. The van der Waals surface area contributed by atoms with Crippen LogP contribution in [0.15, 0.2) is 0 Å². The number of aromatic nitrogens is 3. The van der Waals surface area contributed by atoms with E-state index in [9.17, 15) is 0 Å². The molecule has 0 fully saturated rings. The molecule has 0 radical (unpaired) electrons. The number of rotatable bonds is 5. The fourth-order valence-electron chi connectivity index (χ4n) is 1.01. The molecule has 0 unspecified atom stereocenters. The molecular weight excluding hydrogens is 206 g/mol. The number of anilines is 2. The number of nitrogens with zero attached hydrogens (tertiary/aromatic N) is 4. The van der Waals surface area contributed by atoms with Crippen LogP contribution in [0.5, 0.6) is 6.01 Å². The van der Waals surface area contributed by atoms with Crippen LogP contribution in [0.1, 0.15) is 20.3 Å². The molecule has 0 aliphatic heterocycles. The maximum atomic E-state index is 5.56. The summed E-state index contributed by atoms with van der Waals surface area (Å²) in [7, 11) is 3.68. The number of nitrogens with two attached hydrogens (primary N) is 1. The van der Waals surface area contributed by atoms with Gasteiger partial charge in [-0.05, 0) is 12.3 Å². The molecule has 0 spiro atoms. The van der Waals surface area contributed by atoms with E-state index in [2.05, 4.69) is 28.8 Å². The molecule has 0 saturated carbocycles. The second kappa shape index (κ2) is 5.48. The van der Waals surface area contributed by atoms with Crippen molar-refractivity contribution in [2.75, 3.05) is 31.3 Å². The van der Waals surface area contributed by atoms with Crippen molar-refractivity contribution >= 4 is 11.9 Å². The van der Waals surface area contributed by atoms with E-state index in [-0.39, 0.29) is 12.0 Å². The first-order valence-corrected chi connectivity index (χ1v) is 5.30. The first kappa shape index (κ1) is 12.5. The van der Waals surface area contributed by atoms with Gasteiger partial charge in [-0.1, -0.05) is 13.8 Å². The molecule has 16 heavy (non-hydrogen) atoms. The minimum Gasteiger partial charge on any atom is -0.463 e. The fourth-order valence-corrected chi connectivity index (χ4v) is 1.01. The third kappa shape index (κ3) is 3.88. The van der Waals surface area contributed by atoms with Crippen LogP contribution in [-0.4, -0.2) is 35.7 Å². The summed E-state index contributed by atoms with van der Waals surface area (Å²) in [6.07, 6.45) is 0.961. The van der Waals surface area contributed by atoms with Gasteiger partial charge in [-0.25, -0.2) is 0 Å². The normalized spacial score (nSPS) is 10.6. The topological polar surface area (TPSA) is 77.2 Å². The molecule has 2 N–H and O–H groups in total. The van der Waals surface area contributed by atoms with Crippen LogP contribution in [0, 0.1) is 5.92 Å². The van der Waals surface area contributed by atoms with Gasteiger partial charge >= 0.3 is 6.01 Å². The van der Waals surface area contributed by atoms with Crippen LogP contribution in [0.4, 0.5) is 11.9 Å². The van der Waals surface area contributed by atoms with Crippen molar-refractivity contribution < 1.29 is 4.74 Å². The van der Waals surface area contributed by atoms with E-state index in [1.54, 1.807) is 4.90 Å². The lowest BCUT2D eigenvalue weighted by Gasteiger charge is -2.12. The van der Waals surface area contributed by atoms with Crippen molar-refractivity contribution in [1.29, 1.82) is 0 Å². The van der Waals surface area contributed by atoms with Gasteiger partial charge in [0.25, 0.3) is 0 Å². The number of hydrogen-bond acceptors (Lipinski definition) is 6. The van der Waals surface area contributed by atoms with Crippen molar-refractivity contribution in [3.63, 3.8) is 0 Å². The van der Waals surface area contributed by atoms with Crippen molar-refractivity contribution in [3.05, 3.63) is 0 Å². The molecule has 0 saturated heterocycles. The molecule has 6 nitrogen and oxygen atoms in total. The highest BCUT2D eigenvalue weighted by atomic mass is 16.5. The first-order valence-electron chi connectivity index (χ1n) is 5.30. The first-order chi connectivity index (χ1) is 7.49. The quantitative estimate of drug-likeness (QED) is 0.803. The molecule has 0 amide bonds. The molecule has 1 aromatic heterocycles. The van der Waals surface area contributed by atoms with E-state index >= 15 is 0 Å². The molecule has 6 heteroatoms. The monoisotopic (exact) mass is 225 g/mol. The number of ether oxygens (including phenoxy) is 1. The molecule has 90 valence electrons. The average molecular weight is 225 g/mol. The van der Waals surface area contributed by atoms with Crippen molar-refractivity contribution in [2.24, 2.45) is 5.92 Å². The predicted octanol–water partition coefficient (Wildman–Crippen LogP) is 0.945. The Balaban J connectivity index is 2.65. The molecule has 0 aliphatic carbocycles. The zero-order chi connectivity index (χ0) is 12.1. The average Bonchev–Trinajstić information content (AvgIpc) is 2.16. The Morgan fingerprint density at radius 1 is 1.25 bits per heavy atom. The van der Waals surface area contributed by atoms with Crippen LogP contribution in [0.3, 0.4) is 0 Å². The van der Waals surface area contributed by atoms with E-state index in [0.29, 0.717) is 18.5 Å². The largest absolute Gasteiger partial charge is 0.463 e. The lowest BCUT2D eigenvalue weighted by Crippen LogP contribution is -2.16. The summed E-state index contributed by atoms with van der Waals surface area (Å²) in [5, 5.41) is 0. The molecule has 1 aromatic rings. The van der Waals surface area contributed by atoms with Crippen LogP contribution in [-0.2, 0) is 0 Å². The molecule has 1 heterocycles. The van der Waals surface area contributed by atoms with E-state index < -0.39 is 0 Å². The fraction of sp³-hybridized carbons (Fsp3) is 0.700. The van der Waals surface area contributed by atoms with Crippen molar-refractivity contribution in [3.8, 4) is 6.01 Å². The highest BCUT2D eigenvalue weighted by Gasteiger charge is 2.07. The van der Waals surface area contributed by atoms with E-state index in [4.69, 9.17) is 10.5 Å². The Morgan fingerprint density at radius 3 is 2.50 bits per heavy atom. The minimum atomic E-state index is 0.179. The molecule has 0 aliphatic rings. The van der Waals surface area contributed by atoms with Gasteiger partial charge in [0, 0.05) is 14.1 Å². The highest BCUT2D eigenvalue weighted by molar-refractivity contribution is 5.33. The summed E-state index contributed by atoms with van der Waals surface area (Å²) in [6, 6.07) is 0.289. The standard InChI is InChI=1S/C10H19N5O/c1-7(2)5-6-16-10-13-8(11)12-9(14-10)15(3)4/h7H,5-6H2,1-4H3,(H2,11,12,13,14). The Labute approximate surface area is 95.9 Å². The summed E-state index contributed by atoms with van der Waals surface area (Å²) >= 11 is 0. The van der Waals surface area contributed by atoms with Crippen LogP contribution in [0.2, 0.25) is 0 Å². The van der Waals surface area contributed by atoms with E-state index in [1.165, 1.54) is 0 Å². The van der Waals surface area contributed by atoms with Gasteiger partial charge in [-0.15, -0.1) is 0 Å². The summed E-state index contributed by atoms with van der Waals surface area (Å²) < 4.78 is 5.42. The second-order valence-electron chi connectivity index (χ2n) is 4.20. The number of nitrogen functional groups attached to an aromatic ring is 1. The zero-order valence-corrected chi connectivity index (χ0v) is 10.3. The summed E-state index contributed by atoms with van der Waals surface area (Å²) in [5.41, 5.74) is 5.56. The Kier molecular flexibility index (Phi) is 4.28. The maximum Gasteiger partial charge on any atom is 0.323 e.